The van der Waals surface area contributed by atoms with E-state index in [9.17, 15) is 52.7 Å². The molecule has 27 heavy (non-hydrogen) atoms. The molecular formula is C12H15F12O2P. The molecule has 1 rings (SSSR count). The average molecular weight is 450 g/mol. The van der Waals surface area contributed by atoms with Crippen molar-refractivity contribution in [1.82, 2.24) is 0 Å². The van der Waals surface area contributed by atoms with Crippen LogP contribution in [0.3, 0.4) is 0 Å². The van der Waals surface area contributed by atoms with Gasteiger partial charge < -0.3 is 0 Å². The van der Waals surface area contributed by atoms with Gasteiger partial charge in [-0.05, 0) is 0 Å². The molecule has 1 heterocycles. The van der Waals surface area contributed by atoms with Gasteiger partial charge in [-0.2, -0.15) is 0 Å². The summed E-state index contributed by atoms with van der Waals surface area (Å²) in [5, 5.41) is 0. The molecule has 0 N–H and O–H groups in total. The van der Waals surface area contributed by atoms with E-state index in [1.807, 2.05) is 0 Å². The van der Waals surface area contributed by atoms with E-state index in [4.69, 9.17) is 0 Å². The van der Waals surface area contributed by atoms with E-state index in [0.717, 1.165) is 13.8 Å². The molecule has 1 aliphatic heterocycles. The van der Waals surface area contributed by atoms with Crippen molar-refractivity contribution in [1.29, 1.82) is 0 Å². The molecule has 0 spiro atoms. The Morgan fingerprint density at radius 1 is 0.815 bits per heavy atom. The van der Waals surface area contributed by atoms with Crippen LogP contribution in [-0.2, 0) is 9.05 Å². The van der Waals surface area contributed by atoms with Crippen molar-refractivity contribution < 1.29 is 61.7 Å². The van der Waals surface area contributed by atoms with Gasteiger partial charge in [-0.1, -0.05) is 0 Å². The van der Waals surface area contributed by atoms with Crippen LogP contribution in [0.4, 0.5) is 52.7 Å². The Hall–Kier alpha value is -0.490. The fourth-order valence-electron chi connectivity index (χ4n) is 3.32. The zero-order valence-electron chi connectivity index (χ0n) is 13.9. The fraction of sp³-hybridized carbons (Fsp3) is 1.00. The van der Waals surface area contributed by atoms with Crippen LogP contribution >= 0.6 is 7.06 Å². The van der Waals surface area contributed by atoms with Gasteiger partial charge in [-0.15, -0.1) is 0 Å². The number of hydrogen-bond acceptors (Lipinski definition) is 2. The molecule has 2 nitrogen and oxygen atoms in total. The first kappa shape index (κ1) is 24.5. The zero-order chi connectivity index (χ0) is 21.9. The second-order valence-electron chi connectivity index (χ2n) is 6.09. The van der Waals surface area contributed by atoms with Gasteiger partial charge in [-0.3, -0.25) is 0 Å². The third kappa shape index (κ3) is 3.39. The SMILES string of the molecule is CCP1(CC)(OC(C(F)(F)F)C(F)(F)F)OC(C(F)(F)F)(C(F)(F)F)C1C. The third-order valence-electron chi connectivity index (χ3n) is 4.94. The molecule has 1 atom stereocenters. The molecule has 0 aliphatic carbocycles. The Bertz CT molecular complexity index is 523. The van der Waals surface area contributed by atoms with Gasteiger partial charge in [0, 0.05) is 0 Å². The molecule has 1 aliphatic rings. The van der Waals surface area contributed by atoms with Gasteiger partial charge in [0.2, 0.25) is 0 Å². The first-order valence-electron chi connectivity index (χ1n) is 7.32. The van der Waals surface area contributed by atoms with Crippen molar-refractivity contribution in [3.05, 3.63) is 0 Å². The van der Waals surface area contributed by atoms with E-state index in [2.05, 4.69) is 9.05 Å². The molecule has 1 unspecified atom stereocenters. The maximum absolute atomic E-state index is 13.2. The summed E-state index contributed by atoms with van der Waals surface area (Å²) in [6, 6.07) is 0. The van der Waals surface area contributed by atoms with E-state index in [1.165, 1.54) is 0 Å². The number of alkyl halides is 12. The number of hydrogen-bond donors (Lipinski definition) is 0. The number of halogens is 12. The van der Waals surface area contributed by atoms with Crippen LogP contribution in [0.2, 0.25) is 0 Å². The van der Waals surface area contributed by atoms with Crippen LogP contribution < -0.4 is 0 Å². The van der Waals surface area contributed by atoms with Crippen LogP contribution in [0.5, 0.6) is 0 Å². The van der Waals surface area contributed by atoms with E-state index >= 15 is 0 Å². The normalized spacial score (nSPS) is 27.0. The summed E-state index contributed by atoms with van der Waals surface area (Å²) >= 11 is 0. The second-order valence-corrected chi connectivity index (χ2v) is 11.3. The molecule has 0 amide bonds. The molecule has 0 aromatic rings. The Kier molecular flexibility index (Phi) is 5.68. The average Bonchev–Trinajstić information content (AvgIpc) is 2.42. The van der Waals surface area contributed by atoms with Gasteiger partial charge in [0.05, 0.1) is 0 Å². The Labute approximate surface area is 145 Å². The van der Waals surface area contributed by atoms with Gasteiger partial charge in [0.25, 0.3) is 0 Å². The molecule has 0 aromatic heterocycles. The summed E-state index contributed by atoms with van der Waals surface area (Å²) < 4.78 is 164. The van der Waals surface area contributed by atoms with Gasteiger partial charge in [0.1, 0.15) is 0 Å². The molecule has 1 fully saturated rings. The summed E-state index contributed by atoms with van der Waals surface area (Å²) in [6.45, 7) is 1.93. The van der Waals surface area contributed by atoms with Crippen molar-refractivity contribution in [3.8, 4) is 0 Å². The van der Waals surface area contributed by atoms with Crippen LogP contribution in [0, 0.1) is 0 Å². The summed E-state index contributed by atoms with van der Waals surface area (Å²) in [7, 11) is -5.66. The molecule has 164 valence electrons. The van der Waals surface area contributed by atoms with E-state index in [-0.39, 0.29) is 6.92 Å². The molecule has 0 radical (unpaired) electrons. The van der Waals surface area contributed by atoms with Crippen molar-refractivity contribution in [2.75, 3.05) is 12.3 Å². The molecule has 0 saturated carbocycles. The fourth-order valence-corrected chi connectivity index (χ4v) is 8.60. The monoisotopic (exact) mass is 450 g/mol. The van der Waals surface area contributed by atoms with Crippen LogP contribution in [-0.4, -0.2) is 54.4 Å². The minimum absolute atomic E-state index is 0.263. The minimum atomic E-state index is -6.13. The van der Waals surface area contributed by atoms with Crippen molar-refractivity contribution in [3.63, 3.8) is 0 Å². The van der Waals surface area contributed by atoms with Crippen LogP contribution in [0.25, 0.3) is 0 Å². The van der Waals surface area contributed by atoms with Crippen molar-refractivity contribution in [2.45, 2.75) is 62.8 Å². The predicted molar refractivity (Wildman–Crippen MR) is 70.4 cm³/mol. The number of rotatable bonds is 4. The first-order valence-corrected chi connectivity index (χ1v) is 9.83. The van der Waals surface area contributed by atoms with Crippen LogP contribution in [0.15, 0.2) is 0 Å². The second kappa shape index (κ2) is 6.25. The van der Waals surface area contributed by atoms with Crippen molar-refractivity contribution in [2.24, 2.45) is 0 Å². The van der Waals surface area contributed by atoms with E-state index in [0.29, 0.717) is 0 Å². The Morgan fingerprint density at radius 2 is 1.15 bits per heavy atom. The zero-order valence-corrected chi connectivity index (χ0v) is 14.8. The van der Waals surface area contributed by atoms with E-state index < -0.39 is 61.5 Å². The third-order valence-corrected chi connectivity index (χ3v) is 11.1. The summed E-state index contributed by atoms with van der Waals surface area (Å²) in [6.07, 6.45) is -31.1. The molecule has 0 aromatic carbocycles. The molecule has 1 saturated heterocycles. The first-order chi connectivity index (χ1) is 11.6. The Morgan fingerprint density at radius 3 is 1.33 bits per heavy atom. The van der Waals surface area contributed by atoms with E-state index in [1.54, 1.807) is 0 Å². The molecule has 15 heteroatoms. The summed E-state index contributed by atoms with van der Waals surface area (Å²) in [5.41, 5.74) is -7.74. The summed E-state index contributed by atoms with van der Waals surface area (Å²) in [4.78, 5) is 0. The summed E-state index contributed by atoms with van der Waals surface area (Å²) in [5.74, 6) is 0. The Balaban J connectivity index is 3.61. The van der Waals surface area contributed by atoms with Gasteiger partial charge in [-0.25, -0.2) is 0 Å². The quantitative estimate of drug-likeness (QED) is 0.375. The topological polar surface area (TPSA) is 18.5 Å². The maximum atomic E-state index is 13.2. The van der Waals surface area contributed by atoms with Crippen LogP contribution in [0.1, 0.15) is 20.8 Å². The molecular weight excluding hydrogens is 435 g/mol. The van der Waals surface area contributed by atoms with Crippen molar-refractivity contribution >= 4 is 7.06 Å². The van der Waals surface area contributed by atoms with Gasteiger partial charge >= 0.3 is 144 Å². The standard InChI is InChI=1S/C12H15F12O2P/c1-4-27(5-2,25-7(9(13,14)15)10(16,17)18)6(3)8(26-27,11(19,20)21)12(22,23)24/h6-7H,4-5H2,1-3H3. The molecule has 0 bridgehead atoms. The predicted octanol–water partition coefficient (Wildman–Crippen LogP) is 6.20. The van der Waals surface area contributed by atoms with Gasteiger partial charge in [0.15, 0.2) is 0 Å².